The summed E-state index contributed by atoms with van der Waals surface area (Å²) in [5.74, 6) is -0.676. The molecule has 8 heteroatoms. The molecular weight excluding hydrogens is 385 g/mol. The van der Waals surface area contributed by atoms with Gasteiger partial charge < -0.3 is 15.2 Å². The highest BCUT2D eigenvalue weighted by molar-refractivity contribution is 6.06. The van der Waals surface area contributed by atoms with Gasteiger partial charge in [0.2, 0.25) is 5.91 Å². The Morgan fingerprint density at radius 1 is 0.933 bits per heavy atom. The third kappa shape index (κ3) is 3.83. The molecule has 0 aliphatic carbocycles. The molecule has 30 heavy (non-hydrogen) atoms. The van der Waals surface area contributed by atoms with Crippen LogP contribution in [-0.2, 0) is 4.79 Å². The highest BCUT2D eigenvalue weighted by Gasteiger charge is 2.21. The summed E-state index contributed by atoms with van der Waals surface area (Å²) in [4.78, 5) is 24.3. The lowest BCUT2D eigenvalue weighted by Gasteiger charge is -2.12. The van der Waals surface area contributed by atoms with Gasteiger partial charge in [0, 0.05) is 30.7 Å². The third-order valence-electron chi connectivity index (χ3n) is 4.36. The number of nitrogens with one attached hydrogen (secondary N) is 2. The average Bonchev–Trinajstić information content (AvgIpc) is 3.37. The van der Waals surface area contributed by atoms with Crippen molar-refractivity contribution in [1.29, 1.82) is 0 Å². The summed E-state index contributed by atoms with van der Waals surface area (Å²) in [5.41, 5.74) is 1.56. The van der Waals surface area contributed by atoms with E-state index in [9.17, 15) is 14.0 Å². The lowest BCUT2D eigenvalue weighted by molar-refractivity contribution is -0.114. The standard InChI is InChI=1S/C22H18FN5O2/c1-15(29)25-16-7-6-8-17(13-16)26-21(30)18-14-24-28(20-10-3-2-9-19(20)23)22(18)27-11-4-5-12-27/h2-14H,1H3,(H,25,29)(H,26,30). The van der Waals surface area contributed by atoms with Crippen molar-refractivity contribution in [2.75, 3.05) is 10.6 Å². The molecule has 0 saturated carbocycles. The summed E-state index contributed by atoms with van der Waals surface area (Å²) < 4.78 is 17.5. The van der Waals surface area contributed by atoms with Crippen LogP contribution in [0.4, 0.5) is 15.8 Å². The van der Waals surface area contributed by atoms with Crippen molar-refractivity contribution < 1.29 is 14.0 Å². The quantitative estimate of drug-likeness (QED) is 0.528. The largest absolute Gasteiger partial charge is 0.326 e. The zero-order chi connectivity index (χ0) is 21.1. The zero-order valence-electron chi connectivity index (χ0n) is 16.0. The topological polar surface area (TPSA) is 81.0 Å². The molecule has 4 aromatic rings. The number of carbonyl (C=O) groups excluding carboxylic acids is 2. The Balaban J connectivity index is 1.72. The van der Waals surface area contributed by atoms with Crippen molar-refractivity contribution in [1.82, 2.24) is 14.3 Å². The number of benzene rings is 2. The van der Waals surface area contributed by atoms with Crippen LogP contribution in [0.25, 0.3) is 11.5 Å². The first-order chi connectivity index (χ1) is 14.5. The van der Waals surface area contributed by atoms with Gasteiger partial charge in [-0.25, -0.2) is 9.07 Å². The number of rotatable bonds is 5. The van der Waals surface area contributed by atoms with E-state index in [1.807, 2.05) is 0 Å². The molecule has 2 aromatic carbocycles. The Morgan fingerprint density at radius 3 is 2.33 bits per heavy atom. The molecule has 0 aliphatic heterocycles. The molecule has 0 aliphatic rings. The van der Waals surface area contributed by atoms with Crippen molar-refractivity contribution in [3.05, 3.63) is 90.6 Å². The summed E-state index contributed by atoms with van der Waals surface area (Å²) in [6.45, 7) is 1.41. The maximum Gasteiger partial charge on any atom is 0.261 e. The SMILES string of the molecule is CC(=O)Nc1cccc(NC(=O)c2cnn(-c3ccccc3F)c2-n2cccc2)c1. The molecule has 2 amide bonds. The van der Waals surface area contributed by atoms with E-state index in [4.69, 9.17) is 0 Å². The van der Waals surface area contributed by atoms with Crippen molar-refractivity contribution in [2.45, 2.75) is 6.92 Å². The van der Waals surface area contributed by atoms with Crippen molar-refractivity contribution in [3.63, 3.8) is 0 Å². The van der Waals surface area contributed by atoms with Crippen molar-refractivity contribution in [3.8, 4) is 11.5 Å². The van der Waals surface area contributed by atoms with Crippen LogP contribution in [0.5, 0.6) is 0 Å². The van der Waals surface area contributed by atoms with E-state index in [-0.39, 0.29) is 17.2 Å². The minimum atomic E-state index is -0.455. The Kier molecular flexibility index (Phi) is 5.13. The predicted molar refractivity (Wildman–Crippen MR) is 112 cm³/mol. The first kappa shape index (κ1) is 19.1. The van der Waals surface area contributed by atoms with Gasteiger partial charge in [0.1, 0.15) is 17.1 Å². The maximum atomic E-state index is 14.4. The molecule has 0 radical (unpaired) electrons. The Morgan fingerprint density at radius 2 is 1.63 bits per heavy atom. The Bertz CT molecular complexity index is 1210. The minimum absolute atomic E-state index is 0.209. The van der Waals surface area contributed by atoms with Gasteiger partial charge in [0.05, 0.1) is 6.20 Å². The van der Waals surface area contributed by atoms with Crippen LogP contribution in [0, 0.1) is 5.82 Å². The Labute approximate surface area is 171 Å². The van der Waals surface area contributed by atoms with Gasteiger partial charge in [0.25, 0.3) is 5.91 Å². The summed E-state index contributed by atoms with van der Waals surface area (Å²) >= 11 is 0. The molecule has 0 atom stereocenters. The molecule has 4 rings (SSSR count). The number of halogens is 1. The molecule has 0 fully saturated rings. The molecule has 2 heterocycles. The molecule has 2 N–H and O–H groups in total. The highest BCUT2D eigenvalue weighted by Crippen LogP contribution is 2.23. The smallest absolute Gasteiger partial charge is 0.261 e. The Hall–Kier alpha value is -4.20. The highest BCUT2D eigenvalue weighted by atomic mass is 19.1. The van der Waals surface area contributed by atoms with Gasteiger partial charge in [-0.1, -0.05) is 18.2 Å². The molecule has 0 unspecified atom stereocenters. The summed E-state index contributed by atoms with van der Waals surface area (Å²) in [7, 11) is 0. The zero-order valence-corrected chi connectivity index (χ0v) is 16.0. The number of hydrogen-bond acceptors (Lipinski definition) is 3. The molecule has 0 saturated heterocycles. The lowest BCUT2D eigenvalue weighted by Crippen LogP contribution is -2.16. The lowest BCUT2D eigenvalue weighted by atomic mass is 10.2. The second-order valence-electron chi connectivity index (χ2n) is 6.55. The first-order valence-electron chi connectivity index (χ1n) is 9.18. The number of aromatic nitrogens is 3. The monoisotopic (exact) mass is 403 g/mol. The van der Waals surface area contributed by atoms with Gasteiger partial charge in [-0.05, 0) is 42.5 Å². The number of nitrogens with zero attached hydrogens (tertiary/aromatic N) is 3. The minimum Gasteiger partial charge on any atom is -0.326 e. The summed E-state index contributed by atoms with van der Waals surface area (Å²) in [6.07, 6.45) is 4.90. The van der Waals surface area contributed by atoms with Crippen LogP contribution in [0.1, 0.15) is 17.3 Å². The number of carbonyl (C=O) groups is 2. The fourth-order valence-corrected chi connectivity index (χ4v) is 3.10. The van der Waals surface area contributed by atoms with E-state index >= 15 is 0 Å². The molecule has 2 aromatic heterocycles. The van der Waals surface area contributed by atoms with Gasteiger partial charge in [0.15, 0.2) is 5.82 Å². The van der Waals surface area contributed by atoms with E-state index in [0.717, 1.165) is 0 Å². The normalized spacial score (nSPS) is 10.6. The van der Waals surface area contributed by atoms with E-state index in [2.05, 4.69) is 15.7 Å². The number of amides is 2. The second-order valence-corrected chi connectivity index (χ2v) is 6.55. The van der Waals surface area contributed by atoms with E-state index < -0.39 is 11.7 Å². The van der Waals surface area contributed by atoms with E-state index in [0.29, 0.717) is 17.2 Å². The summed E-state index contributed by atoms with van der Waals surface area (Å²) in [5, 5.41) is 9.74. The van der Waals surface area contributed by atoms with Crippen LogP contribution < -0.4 is 10.6 Å². The number of anilines is 2. The van der Waals surface area contributed by atoms with Crippen LogP contribution in [0.15, 0.2) is 79.3 Å². The van der Waals surface area contributed by atoms with Crippen LogP contribution in [-0.4, -0.2) is 26.2 Å². The van der Waals surface area contributed by atoms with Gasteiger partial charge >= 0.3 is 0 Å². The summed E-state index contributed by atoms with van der Waals surface area (Å²) in [6, 6.07) is 16.6. The maximum absolute atomic E-state index is 14.4. The molecule has 0 bridgehead atoms. The first-order valence-corrected chi connectivity index (χ1v) is 9.18. The number of para-hydroxylation sites is 1. The van der Waals surface area contributed by atoms with Crippen LogP contribution in [0.3, 0.4) is 0 Å². The van der Waals surface area contributed by atoms with Crippen molar-refractivity contribution in [2.24, 2.45) is 0 Å². The molecular formula is C22H18FN5O2. The van der Waals surface area contributed by atoms with Crippen molar-refractivity contribution >= 4 is 23.2 Å². The van der Waals surface area contributed by atoms with E-state index in [1.54, 1.807) is 71.6 Å². The van der Waals surface area contributed by atoms with E-state index in [1.165, 1.54) is 23.9 Å². The number of hydrogen-bond donors (Lipinski definition) is 2. The second kappa shape index (κ2) is 8.04. The van der Waals surface area contributed by atoms with Gasteiger partial charge in [-0.3, -0.25) is 9.59 Å². The van der Waals surface area contributed by atoms with Gasteiger partial charge in [-0.15, -0.1) is 0 Å². The molecule has 7 nitrogen and oxygen atoms in total. The fraction of sp³-hybridized carbons (Fsp3) is 0.0455. The van der Waals surface area contributed by atoms with Crippen LogP contribution >= 0.6 is 0 Å². The average molecular weight is 403 g/mol. The van der Waals surface area contributed by atoms with Crippen LogP contribution in [0.2, 0.25) is 0 Å². The third-order valence-corrected chi connectivity index (χ3v) is 4.36. The predicted octanol–water partition coefficient (Wildman–Crippen LogP) is 4.01. The molecule has 0 spiro atoms. The fourth-order valence-electron chi connectivity index (χ4n) is 3.10. The molecule has 150 valence electrons. The van der Waals surface area contributed by atoms with Gasteiger partial charge in [-0.2, -0.15) is 5.10 Å².